The molecule has 50 heavy (non-hydrogen) atoms. The van der Waals surface area contributed by atoms with Gasteiger partial charge in [0, 0.05) is 25.4 Å². The van der Waals surface area contributed by atoms with Crippen molar-refractivity contribution in [2.75, 3.05) is 59.3 Å². The van der Waals surface area contributed by atoms with Crippen LogP contribution in [0.4, 0.5) is 9.59 Å². The van der Waals surface area contributed by atoms with Crippen LogP contribution in [0.3, 0.4) is 0 Å². The summed E-state index contributed by atoms with van der Waals surface area (Å²) in [6.45, 7) is 13.3. The summed E-state index contributed by atoms with van der Waals surface area (Å²) in [6, 6.07) is 15.0. The maximum absolute atomic E-state index is 12.9. The Morgan fingerprint density at radius 3 is 1.70 bits per heavy atom. The minimum absolute atomic E-state index is 0.0238. The van der Waals surface area contributed by atoms with Crippen LogP contribution in [0, 0.1) is 0 Å². The van der Waals surface area contributed by atoms with Gasteiger partial charge in [-0.15, -0.1) is 0 Å². The van der Waals surface area contributed by atoms with E-state index in [0.29, 0.717) is 39.6 Å². The zero-order chi connectivity index (χ0) is 36.6. The number of esters is 1. The number of benzene rings is 2. The number of ether oxygens (including phenoxy) is 6. The summed E-state index contributed by atoms with van der Waals surface area (Å²) in [5, 5.41) is 7.97. The first-order valence-electron chi connectivity index (χ1n) is 17.0. The molecule has 0 heterocycles. The molecule has 0 radical (unpaired) electrons. The van der Waals surface area contributed by atoms with Gasteiger partial charge in [-0.25, -0.2) is 14.4 Å². The average molecular weight is 700 g/mol. The van der Waals surface area contributed by atoms with Crippen LogP contribution in [0.1, 0.15) is 71.4 Å². The lowest BCUT2D eigenvalue weighted by Crippen LogP contribution is -2.45. The SMILES string of the molecule is CC(C)(C)OC(=O)NCCOCCOCCOCCNC(=O)CCC(NC(=O)OCC1c2ccccc2-c2ccccc21)C(=O)OC(C)(C)C. The molecule has 0 saturated heterocycles. The number of rotatable bonds is 19. The molecule has 13 nitrogen and oxygen atoms in total. The molecule has 1 aliphatic carbocycles. The van der Waals surface area contributed by atoms with Crippen molar-refractivity contribution in [3.8, 4) is 11.1 Å². The Bertz CT molecular complexity index is 1360. The Balaban J connectivity index is 1.30. The van der Waals surface area contributed by atoms with E-state index < -0.39 is 35.4 Å². The molecule has 276 valence electrons. The van der Waals surface area contributed by atoms with Gasteiger partial charge in [0.15, 0.2) is 0 Å². The molecule has 2 aromatic rings. The Morgan fingerprint density at radius 2 is 1.16 bits per heavy atom. The molecule has 0 saturated carbocycles. The highest BCUT2D eigenvalue weighted by molar-refractivity contribution is 5.83. The van der Waals surface area contributed by atoms with Crippen molar-refractivity contribution in [3.63, 3.8) is 0 Å². The van der Waals surface area contributed by atoms with Gasteiger partial charge < -0.3 is 44.4 Å². The third-order valence-electron chi connectivity index (χ3n) is 7.21. The Kier molecular flexibility index (Phi) is 16.0. The lowest BCUT2D eigenvalue weighted by atomic mass is 9.98. The van der Waals surface area contributed by atoms with Crippen LogP contribution < -0.4 is 16.0 Å². The first-order valence-corrected chi connectivity index (χ1v) is 17.0. The zero-order valence-corrected chi connectivity index (χ0v) is 30.1. The highest BCUT2D eigenvalue weighted by atomic mass is 16.6. The van der Waals surface area contributed by atoms with Gasteiger partial charge in [-0.1, -0.05) is 48.5 Å². The molecular formula is C37H53N3O10. The molecule has 3 amide bonds. The quantitative estimate of drug-likeness (QED) is 0.107. The summed E-state index contributed by atoms with van der Waals surface area (Å²) in [7, 11) is 0. The van der Waals surface area contributed by atoms with E-state index >= 15 is 0 Å². The van der Waals surface area contributed by atoms with E-state index in [1.165, 1.54) is 0 Å². The summed E-state index contributed by atoms with van der Waals surface area (Å²) < 4.78 is 32.6. The summed E-state index contributed by atoms with van der Waals surface area (Å²) in [6.07, 6.45) is -1.25. The van der Waals surface area contributed by atoms with Gasteiger partial charge in [0.05, 0.1) is 39.6 Å². The first-order chi connectivity index (χ1) is 23.7. The summed E-state index contributed by atoms with van der Waals surface area (Å²) in [5.74, 6) is -1.08. The van der Waals surface area contributed by atoms with Gasteiger partial charge >= 0.3 is 18.2 Å². The third kappa shape index (κ3) is 14.7. The van der Waals surface area contributed by atoms with Gasteiger partial charge in [-0.2, -0.15) is 0 Å². The third-order valence-corrected chi connectivity index (χ3v) is 7.21. The van der Waals surface area contributed by atoms with Crippen LogP contribution in [-0.4, -0.2) is 101 Å². The van der Waals surface area contributed by atoms with Gasteiger partial charge in [0.1, 0.15) is 23.9 Å². The van der Waals surface area contributed by atoms with Crippen molar-refractivity contribution in [2.45, 2.75) is 77.5 Å². The predicted molar refractivity (Wildman–Crippen MR) is 187 cm³/mol. The Hall–Kier alpha value is -4.20. The summed E-state index contributed by atoms with van der Waals surface area (Å²) in [5.41, 5.74) is 3.04. The maximum Gasteiger partial charge on any atom is 0.407 e. The van der Waals surface area contributed by atoms with Crippen LogP contribution in [0.25, 0.3) is 11.1 Å². The van der Waals surface area contributed by atoms with Gasteiger partial charge in [-0.3, -0.25) is 4.79 Å². The monoisotopic (exact) mass is 699 g/mol. The van der Waals surface area contributed by atoms with Crippen LogP contribution >= 0.6 is 0 Å². The molecule has 0 aliphatic heterocycles. The molecule has 1 unspecified atom stereocenters. The smallest absolute Gasteiger partial charge is 0.407 e. The number of hydrogen-bond donors (Lipinski definition) is 3. The molecule has 0 fully saturated rings. The normalized spacial score (nSPS) is 13.1. The van der Waals surface area contributed by atoms with E-state index in [9.17, 15) is 19.2 Å². The molecule has 3 N–H and O–H groups in total. The lowest BCUT2D eigenvalue weighted by Gasteiger charge is -2.24. The number of amides is 3. The van der Waals surface area contributed by atoms with Crippen molar-refractivity contribution in [1.29, 1.82) is 0 Å². The van der Waals surface area contributed by atoms with Gasteiger partial charge in [0.25, 0.3) is 0 Å². The molecule has 2 aromatic carbocycles. The highest BCUT2D eigenvalue weighted by Gasteiger charge is 2.31. The minimum atomic E-state index is -1.07. The molecule has 0 bridgehead atoms. The number of carbonyl (C=O) groups excluding carboxylic acids is 4. The number of hydrogen-bond acceptors (Lipinski definition) is 10. The number of nitrogens with one attached hydrogen (secondary N) is 3. The van der Waals surface area contributed by atoms with Crippen LogP contribution in [0.5, 0.6) is 0 Å². The molecular weight excluding hydrogens is 646 g/mol. The zero-order valence-electron chi connectivity index (χ0n) is 30.1. The van der Waals surface area contributed by atoms with Gasteiger partial charge in [-0.05, 0) is 70.2 Å². The second-order valence-electron chi connectivity index (χ2n) is 13.7. The second kappa shape index (κ2) is 19.9. The first kappa shape index (κ1) is 40.2. The number of carbonyl (C=O) groups is 4. The van der Waals surface area contributed by atoms with E-state index in [1.54, 1.807) is 41.5 Å². The molecule has 13 heteroatoms. The van der Waals surface area contributed by atoms with E-state index in [-0.39, 0.29) is 44.4 Å². The van der Waals surface area contributed by atoms with E-state index in [1.807, 2.05) is 36.4 Å². The number of fused-ring (bicyclic) bond motifs is 3. The fraction of sp³-hybridized carbons (Fsp3) is 0.568. The average Bonchev–Trinajstić information content (AvgIpc) is 3.36. The van der Waals surface area contributed by atoms with Crippen LogP contribution in [0.15, 0.2) is 48.5 Å². The maximum atomic E-state index is 12.9. The van der Waals surface area contributed by atoms with Crippen LogP contribution in [-0.2, 0) is 38.0 Å². The van der Waals surface area contributed by atoms with Crippen LogP contribution in [0.2, 0.25) is 0 Å². The summed E-state index contributed by atoms with van der Waals surface area (Å²) >= 11 is 0. The van der Waals surface area contributed by atoms with E-state index in [0.717, 1.165) is 22.3 Å². The Morgan fingerprint density at radius 1 is 0.660 bits per heavy atom. The second-order valence-corrected chi connectivity index (χ2v) is 13.7. The minimum Gasteiger partial charge on any atom is -0.458 e. The van der Waals surface area contributed by atoms with E-state index in [4.69, 9.17) is 28.4 Å². The topological polar surface area (TPSA) is 160 Å². The van der Waals surface area contributed by atoms with Crippen molar-refractivity contribution < 1.29 is 47.6 Å². The largest absolute Gasteiger partial charge is 0.458 e. The molecule has 1 atom stereocenters. The van der Waals surface area contributed by atoms with Crippen molar-refractivity contribution >= 4 is 24.1 Å². The van der Waals surface area contributed by atoms with Crippen molar-refractivity contribution in [1.82, 2.24) is 16.0 Å². The highest BCUT2D eigenvalue weighted by Crippen LogP contribution is 2.44. The molecule has 0 spiro atoms. The van der Waals surface area contributed by atoms with E-state index in [2.05, 4.69) is 28.1 Å². The predicted octanol–water partition coefficient (Wildman–Crippen LogP) is 4.71. The number of alkyl carbamates (subject to hydrolysis) is 2. The van der Waals surface area contributed by atoms with Crippen molar-refractivity contribution in [2.24, 2.45) is 0 Å². The van der Waals surface area contributed by atoms with Gasteiger partial charge in [0.2, 0.25) is 5.91 Å². The summed E-state index contributed by atoms with van der Waals surface area (Å²) in [4.78, 5) is 49.9. The molecule has 3 rings (SSSR count). The Labute approximate surface area is 295 Å². The van der Waals surface area contributed by atoms with Crippen molar-refractivity contribution in [3.05, 3.63) is 59.7 Å². The molecule has 0 aromatic heterocycles. The molecule has 1 aliphatic rings. The lowest BCUT2D eigenvalue weighted by molar-refractivity contribution is -0.157. The fourth-order valence-electron chi connectivity index (χ4n) is 5.11. The fourth-order valence-corrected chi connectivity index (χ4v) is 5.11. The standard InChI is InChI=1S/C37H53N3O10/c1-36(2,3)49-33(42)31(40-35(44)48-25-30-28-13-9-7-11-26(28)27-12-8-10-14-29(27)30)15-16-32(41)38-17-19-45-21-23-47-24-22-46-20-18-39-34(43)50-37(4,5)6/h7-14,30-31H,15-25H2,1-6H3,(H,38,41)(H,39,43)(H,40,44).